The Morgan fingerprint density at radius 3 is 2.29 bits per heavy atom. The van der Waals surface area contributed by atoms with Crippen molar-refractivity contribution in [2.24, 2.45) is 11.7 Å². The van der Waals surface area contributed by atoms with Crippen LogP contribution in [-0.4, -0.2) is 41.5 Å². The fourth-order valence-electron chi connectivity index (χ4n) is 3.13. The number of nitrogens with zero attached hydrogens (tertiary/aromatic N) is 1. The van der Waals surface area contributed by atoms with E-state index in [4.69, 9.17) is 15.2 Å². The fraction of sp³-hybridized carbons (Fsp3) is 0.320. The molecule has 0 heterocycles. The highest BCUT2D eigenvalue weighted by Gasteiger charge is 2.21. The molecule has 1 atom stereocenters. The zero-order valence-electron chi connectivity index (χ0n) is 21.0. The number of anilines is 1. The zero-order valence-corrected chi connectivity index (χ0v) is 21.0. The summed E-state index contributed by atoms with van der Waals surface area (Å²) in [5.41, 5.74) is 5.97. The zero-order chi connectivity index (χ0) is 28.1. The smallest absolute Gasteiger partial charge is 0.429 e. The van der Waals surface area contributed by atoms with Crippen LogP contribution in [0.4, 0.5) is 21.0 Å². The first-order chi connectivity index (χ1) is 18.0. The van der Waals surface area contributed by atoms with Crippen molar-refractivity contribution in [1.29, 1.82) is 0 Å². The molecule has 1 radical (unpaired) electrons. The second kappa shape index (κ2) is 14.8. The Morgan fingerprint density at radius 2 is 1.71 bits per heavy atom. The molecular formula is C25H30N5O8. The van der Waals surface area contributed by atoms with Gasteiger partial charge < -0.3 is 31.2 Å². The Balaban J connectivity index is 1.88. The molecule has 2 aromatic rings. The number of nitrogens with one attached hydrogen (secondary N) is 3. The number of amides is 4. The minimum absolute atomic E-state index is 0.00332. The standard InChI is InChI=1S/C25H30N5O8/c1-16(2)14-22(31)29-21(4-3-13-27-24(26)33)23(32)28-18-7-5-17(6-8-18)15-37-25(34)38-20-11-9-19(10-12-20)30(35)36/h5-12,14,16,21H,3-4,13,15H2,1-2H3,(H,28,32)(H,29,31)(H3,26,27,33)/t21-/m0/s1. The molecule has 5 N–H and O–H groups in total. The van der Waals surface area contributed by atoms with Crippen molar-refractivity contribution < 1.29 is 33.6 Å². The molecule has 13 nitrogen and oxygen atoms in total. The van der Waals surface area contributed by atoms with E-state index in [9.17, 15) is 29.3 Å². The van der Waals surface area contributed by atoms with Gasteiger partial charge in [-0.15, -0.1) is 0 Å². The van der Waals surface area contributed by atoms with Gasteiger partial charge in [0.25, 0.3) is 5.69 Å². The van der Waals surface area contributed by atoms with E-state index in [0.29, 0.717) is 17.7 Å². The average molecular weight is 529 g/mol. The summed E-state index contributed by atoms with van der Waals surface area (Å²) in [5, 5.41) is 18.5. The maximum Gasteiger partial charge on any atom is 0.514 e. The van der Waals surface area contributed by atoms with E-state index in [2.05, 4.69) is 16.0 Å². The number of nitrogens with two attached hydrogens (primary N) is 1. The number of non-ortho nitro benzene ring substituents is 1. The van der Waals surface area contributed by atoms with Gasteiger partial charge in [0.05, 0.1) is 11.3 Å². The molecule has 0 aliphatic carbocycles. The maximum atomic E-state index is 12.8. The van der Waals surface area contributed by atoms with Gasteiger partial charge >= 0.3 is 12.2 Å². The number of carbonyl (C=O) groups excluding carboxylic acids is 4. The summed E-state index contributed by atoms with van der Waals surface area (Å²) in [6.07, 6.45) is 1.16. The molecule has 2 rings (SSSR count). The van der Waals surface area contributed by atoms with Gasteiger partial charge in [-0.25, -0.2) is 9.59 Å². The lowest BCUT2D eigenvalue weighted by Crippen LogP contribution is -2.44. The molecule has 4 amide bonds. The Labute approximate surface area is 219 Å². The predicted molar refractivity (Wildman–Crippen MR) is 137 cm³/mol. The lowest BCUT2D eigenvalue weighted by atomic mass is 10.1. The van der Waals surface area contributed by atoms with Crippen LogP contribution in [0.1, 0.15) is 32.3 Å². The summed E-state index contributed by atoms with van der Waals surface area (Å²) in [4.78, 5) is 57.8. The van der Waals surface area contributed by atoms with E-state index < -0.39 is 29.1 Å². The number of urea groups is 1. The number of benzene rings is 2. The fourth-order valence-corrected chi connectivity index (χ4v) is 3.13. The molecule has 0 aliphatic rings. The molecule has 0 aliphatic heterocycles. The van der Waals surface area contributed by atoms with Crippen molar-refractivity contribution in [1.82, 2.24) is 10.6 Å². The number of primary amides is 1. The number of carbonyl (C=O) groups is 4. The third kappa shape index (κ3) is 10.9. The molecule has 0 aromatic heterocycles. The Bertz CT molecular complexity index is 1120. The van der Waals surface area contributed by atoms with Crippen LogP contribution in [0.5, 0.6) is 5.75 Å². The first kappa shape index (κ1) is 29.5. The van der Waals surface area contributed by atoms with Crippen molar-refractivity contribution in [3.8, 4) is 5.75 Å². The second-order valence-electron chi connectivity index (χ2n) is 8.48. The summed E-state index contributed by atoms with van der Waals surface area (Å²) in [7, 11) is 0. The summed E-state index contributed by atoms with van der Waals surface area (Å²) in [6, 6.07) is 9.91. The quantitative estimate of drug-likeness (QED) is 0.100. The molecular weight excluding hydrogens is 498 g/mol. The van der Waals surface area contributed by atoms with Gasteiger partial charge in [0.1, 0.15) is 18.4 Å². The lowest BCUT2D eigenvalue weighted by Gasteiger charge is -2.19. The number of nitro groups is 1. The number of hydrogen-bond acceptors (Lipinski definition) is 8. The van der Waals surface area contributed by atoms with E-state index in [1.165, 1.54) is 30.7 Å². The highest BCUT2D eigenvalue weighted by Crippen LogP contribution is 2.18. The van der Waals surface area contributed by atoms with Crippen molar-refractivity contribution in [3.05, 3.63) is 70.6 Å². The number of nitro benzene ring substituents is 1. The van der Waals surface area contributed by atoms with Crippen LogP contribution in [0, 0.1) is 22.5 Å². The van der Waals surface area contributed by atoms with Gasteiger partial charge in [-0.1, -0.05) is 26.0 Å². The average Bonchev–Trinajstić information content (AvgIpc) is 2.85. The summed E-state index contributed by atoms with van der Waals surface area (Å²) in [5.74, 6) is -0.727. The van der Waals surface area contributed by atoms with E-state index in [1.807, 2.05) is 13.8 Å². The molecule has 0 bridgehead atoms. The van der Waals surface area contributed by atoms with Crippen molar-refractivity contribution in [2.45, 2.75) is 39.3 Å². The first-order valence-corrected chi connectivity index (χ1v) is 11.7. The van der Waals surface area contributed by atoms with Gasteiger partial charge in [-0.2, -0.15) is 0 Å². The largest absolute Gasteiger partial charge is 0.514 e. The topological polar surface area (TPSA) is 192 Å². The second-order valence-corrected chi connectivity index (χ2v) is 8.48. The Hall–Kier alpha value is -4.68. The maximum absolute atomic E-state index is 12.8. The van der Waals surface area contributed by atoms with Crippen LogP contribution in [-0.2, 0) is 20.9 Å². The third-order valence-corrected chi connectivity index (χ3v) is 4.91. The van der Waals surface area contributed by atoms with Crippen molar-refractivity contribution in [3.63, 3.8) is 0 Å². The van der Waals surface area contributed by atoms with Gasteiger partial charge in [0.15, 0.2) is 0 Å². The summed E-state index contributed by atoms with van der Waals surface area (Å²) < 4.78 is 10.0. The van der Waals surface area contributed by atoms with Crippen LogP contribution < -0.4 is 26.4 Å². The normalized spacial score (nSPS) is 11.2. The summed E-state index contributed by atoms with van der Waals surface area (Å²) in [6.45, 7) is 3.82. The number of hydrogen-bond donors (Lipinski definition) is 4. The minimum atomic E-state index is -0.987. The molecule has 0 spiro atoms. The van der Waals surface area contributed by atoms with Crippen LogP contribution in [0.25, 0.3) is 0 Å². The number of rotatable bonds is 13. The van der Waals surface area contributed by atoms with Crippen LogP contribution in [0.2, 0.25) is 0 Å². The molecule has 0 saturated heterocycles. The van der Waals surface area contributed by atoms with Crippen molar-refractivity contribution in [2.75, 3.05) is 11.9 Å². The van der Waals surface area contributed by atoms with Crippen LogP contribution >= 0.6 is 0 Å². The molecule has 0 fully saturated rings. The van der Waals surface area contributed by atoms with Crippen LogP contribution in [0.15, 0.2) is 48.5 Å². The molecule has 38 heavy (non-hydrogen) atoms. The van der Waals surface area contributed by atoms with Crippen LogP contribution in [0.3, 0.4) is 0 Å². The molecule has 0 saturated carbocycles. The van der Waals surface area contributed by atoms with Gasteiger partial charge in [-0.05, 0) is 48.6 Å². The van der Waals surface area contributed by atoms with E-state index in [0.717, 1.165) is 0 Å². The van der Waals surface area contributed by atoms with E-state index in [-0.39, 0.29) is 42.8 Å². The van der Waals surface area contributed by atoms with E-state index >= 15 is 0 Å². The van der Waals surface area contributed by atoms with Gasteiger partial charge in [0, 0.05) is 24.4 Å². The highest BCUT2D eigenvalue weighted by atomic mass is 16.7. The summed E-state index contributed by atoms with van der Waals surface area (Å²) >= 11 is 0. The predicted octanol–water partition coefficient (Wildman–Crippen LogP) is 3.04. The molecule has 13 heteroatoms. The lowest BCUT2D eigenvalue weighted by molar-refractivity contribution is -0.384. The minimum Gasteiger partial charge on any atom is -0.429 e. The van der Waals surface area contributed by atoms with Gasteiger partial charge in [-0.3, -0.25) is 19.7 Å². The number of ether oxygens (including phenoxy) is 2. The first-order valence-electron chi connectivity index (χ1n) is 11.7. The SMILES string of the molecule is CC(C)[CH]C(=O)N[C@@H](CCCNC(N)=O)C(=O)Nc1ccc(COC(=O)Oc2ccc([N+](=O)[O-])cc2)cc1. The Morgan fingerprint density at radius 1 is 1.05 bits per heavy atom. The molecule has 0 unspecified atom stereocenters. The molecule has 2 aromatic carbocycles. The van der Waals surface area contributed by atoms with Crippen molar-refractivity contribution >= 4 is 35.4 Å². The monoisotopic (exact) mass is 528 g/mol. The highest BCUT2D eigenvalue weighted by molar-refractivity contribution is 5.98. The van der Waals surface area contributed by atoms with E-state index in [1.54, 1.807) is 24.3 Å². The third-order valence-electron chi connectivity index (χ3n) is 4.91. The van der Waals surface area contributed by atoms with Gasteiger partial charge in [0.2, 0.25) is 11.8 Å². The molecule has 203 valence electrons. The Kier molecular flexibility index (Phi) is 11.5.